The Kier molecular flexibility index (Phi) is 8.30. The number of aromatic nitrogens is 2. The molecule has 0 bridgehead atoms. The number of carbonyl (C=O) groups excluding carboxylic acids is 1. The van der Waals surface area contributed by atoms with E-state index in [1.165, 1.54) is 5.56 Å². The summed E-state index contributed by atoms with van der Waals surface area (Å²) in [6.45, 7) is 12.3. The van der Waals surface area contributed by atoms with E-state index in [1.807, 2.05) is 40.0 Å². The van der Waals surface area contributed by atoms with E-state index in [0.29, 0.717) is 13.1 Å². The lowest BCUT2D eigenvalue weighted by Crippen LogP contribution is -2.38. The van der Waals surface area contributed by atoms with E-state index >= 15 is 0 Å². The number of guanidine groups is 1. The van der Waals surface area contributed by atoms with Crippen LogP contribution in [0.15, 0.2) is 29.5 Å². The smallest absolute Gasteiger partial charge is 0.407 e. The Morgan fingerprint density at radius 2 is 2.03 bits per heavy atom. The van der Waals surface area contributed by atoms with Gasteiger partial charge in [-0.2, -0.15) is 0 Å². The van der Waals surface area contributed by atoms with Crippen LogP contribution in [0, 0.1) is 6.92 Å². The van der Waals surface area contributed by atoms with Crippen molar-refractivity contribution < 1.29 is 9.53 Å². The van der Waals surface area contributed by atoms with Crippen LogP contribution in [0.5, 0.6) is 0 Å². The highest BCUT2D eigenvalue weighted by Gasteiger charge is 2.15. The first-order valence-electron chi connectivity index (χ1n) is 10.2. The monoisotopic (exact) mass is 402 g/mol. The lowest BCUT2D eigenvalue weighted by molar-refractivity contribution is 0.0527. The number of aliphatic imine (C=N–C) groups is 1. The summed E-state index contributed by atoms with van der Waals surface area (Å²) in [6, 6.07) is 4.09. The van der Waals surface area contributed by atoms with Gasteiger partial charge in [-0.1, -0.05) is 6.07 Å². The molecule has 2 rings (SSSR count). The van der Waals surface area contributed by atoms with Crippen molar-refractivity contribution in [3.63, 3.8) is 0 Å². The standard InChI is InChI=1S/C21H34N6O2/c1-6-22-19(23-11-8-12-25-20(28)29-21(3,4)5)24-13-10-17-15-27-14-7-9-16(2)18(27)26-17/h7,9,14-15H,6,8,10-13H2,1-5H3,(H,25,28)(H2,22,23,24). The van der Waals surface area contributed by atoms with Crippen LogP contribution in [0.4, 0.5) is 4.79 Å². The summed E-state index contributed by atoms with van der Waals surface area (Å²) < 4.78 is 7.27. The van der Waals surface area contributed by atoms with Crippen LogP contribution >= 0.6 is 0 Å². The number of nitrogens with zero attached hydrogens (tertiary/aromatic N) is 3. The Morgan fingerprint density at radius 1 is 1.24 bits per heavy atom. The zero-order valence-electron chi connectivity index (χ0n) is 18.2. The number of imidazole rings is 1. The number of ether oxygens (including phenoxy) is 1. The zero-order chi connectivity index (χ0) is 21.3. The highest BCUT2D eigenvalue weighted by molar-refractivity contribution is 5.79. The van der Waals surface area contributed by atoms with Crippen LogP contribution in [0.25, 0.3) is 5.65 Å². The van der Waals surface area contributed by atoms with Crippen molar-refractivity contribution in [3.8, 4) is 0 Å². The van der Waals surface area contributed by atoms with Gasteiger partial charge < -0.3 is 25.1 Å². The Balaban J connectivity index is 1.74. The van der Waals surface area contributed by atoms with Crippen molar-refractivity contribution >= 4 is 17.7 Å². The molecule has 0 aliphatic carbocycles. The number of pyridine rings is 1. The summed E-state index contributed by atoms with van der Waals surface area (Å²) >= 11 is 0. The van der Waals surface area contributed by atoms with Gasteiger partial charge in [-0.15, -0.1) is 0 Å². The molecule has 0 fully saturated rings. The predicted molar refractivity (Wildman–Crippen MR) is 116 cm³/mol. The third kappa shape index (κ3) is 8.01. The van der Waals surface area contributed by atoms with Crippen LogP contribution in [0.3, 0.4) is 0 Å². The summed E-state index contributed by atoms with van der Waals surface area (Å²) in [5.74, 6) is 0.768. The van der Waals surface area contributed by atoms with Crippen LogP contribution in [0.1, 0.15) is 45.4 Å². The minimum Gasteiger partial charge on any atom is -0.444 e. The number of carbonyl (C=O) groups is 1. The van der Waals surface area contributed by atoms with Gasteiger partial charge in [0.2, 0.25) is 0 Å². The largest absolute Gasteiger partial charge is 0.444 e. The fourth-order valence-corrected chi connectivity index (χ4v) is 2.75. The Morgan fingerprint density at radius 3 is 2.72 bits per heavy atom. The number of aryl methyl sites for hydroxylation is 1. The number of amides is 1. The van der Waals surface area contributed by atoms with Crippen molar-refractivity contribution in [2.45, 2.75) is 53.1 Å². The maximum atomic E-state index is 11.6. The minimum atomic E-state index is -0.482. The molecule has 29 heavy (non-hydrogen) atoms. The molecule has 0 radical (unpaired) electrons. The minimum absolute atomic E-state index is 0.394. The fourth-order valence-electron chi connectivity index (χ4n) is 2.75. The fraction of sp³-hybridized carbons (Fsp3) is 0.571. The van der Waals surface area contributed by atoms with Gasteiger partial charge in [0.1, 0.15) is 11.2 Å². The molecular formula is C21H34N6O2. The van der Waals surface area contributed by atoms with Crippen molar-refractivity contribution in [2.75, 3.05) is 26.2 Å². The summed E-state index contributed by atoms with van der Waals surface area (Å²) in [7, 11) is 0. The lowest BCUT2D eigenvalue weighted by Gasteiger charge is -2.19. The second-order valence-corrected chi connectivity index (χ2v) is 7.87. The molecule has 0 aromatic carbocycles. The van der Waals surface area contributed by atoms with Gasteiger partial charge in [0.15, 0.2) is 5.96 Å². The SMILES string of the molecule is CCNC(=NCCCNC(=O)OC(C)(C)C)NCCc1cn2cccc(C)c2n1. The number of hydrogen-bond acceptors (Lipinski definition) is 4. The van der Waals surface area contributed by atoms with E-state index in [9.17, 15) is 4.79 Å². The van der Waals surface area contributed by atoms with Gasteiger partial charge in [-0.25, -0.2) is 9.78 Å². The first kappa shape index (κ1) is 22.5. The first-order chi connectivity index (χ1) is 13.8. The number of rotatable bonds is 8. The van der Waals surface area contributed by atoms with Gasteiger partial charge in [0, 0.05) is 45.0 Å². The third-order valence-electron chi connectivity index (χ3n) is 4.02. The van der Waals surface area contributed by atoms with Crippen LogP contribution < -0.4 is 16.0 Å². The maximum absolute atomic E-state index is 11.6. The summed E-state index contributed by atoms with van der Waals surface area (Å²) in [5, 5.41) is 9.32. The van der Waals surface area contributed by atoms with E-state index in [4.69, 9.17) is 9.72 Å². The highest BCUT2D eigenvalue weighted by atomic mass is 16.6. The zero-order valence-corrected chi connectivity index (χ0v) is 18.2. The quantitative estimate of drug-likeness (QED) is 0.359. The third-order valence-corrected chi connectivity index (χ3v) is 4.02. The molecule has 0 saturated carbocycles. The molecule has 2 aromatic rings. The first-order valence-corrected chi connectivity index (χ1v) is 10.2. The van der Waals surface area contributed by atoms with E-state index < -0.39 is 11.7 Å². The van der Waals surface area contributed by atoms with E-state index in [1.54, 1.807) is 0 Å². The number of hydrogen-bond donors (Lipinski definition) is 3. The number of nitrogens with one attached hydrogen (secondary N) is 3. The van der Waals surface area contributed by atoms with Crippen LogP contribution in [-0.2, 0) is 11.2 Å². The average molecular weight is 403 g/mol. The maximum Gasteiger partial charge on any atom is 0.407 e. The molecule has 3 N–H and O–H groups in total. The molecule has 0 aliphatic rings. The summed E-state index contributed by atoms with van der Waals surface area (Å²) in [6.07, 6.45) is 5.24. The summed E-state index contributed by atoms with van der Waals surface area (Å²) in [5.41, 5.74) is 2.73. The Labute approximate surface area is 173 Å². The van der Waals surface area contributed by atoms with E-state index in [2.05, 4.69) is 44.5 Å². The normalized spacial score (nSPS) is 12.1. The van der Waals surface area contributed by atoms with Crippen molar-refractivity contribution in [3.05, 3.63) is 35.8 Å². The van der Waals surface area contributed by atoms with Gasteiger partial charge in [0.05, 0.1) is 5.69 Å². The lowest BCUT2D eigenvalue weighted by atomic mass is 10.2. The number of fused-ring (bicyclic) bond motifs is 1. The molecule has 160 valence electrons. The highest BCUT2D eigenvalue weighted by Crippen LogP contribution is 2.10. The molecule has 2 heterocycles. The molecule has 0 aliphatic heterocycles. The van der Waals surface area contributed by atoms with Crippen LogP contribution in [0.2, 0.25) is 0 Å². The van der Waals surface area contributed by atoms with E-state index in [0.717, 1.165) is 43.2 Å². The molecule has 1 amide bonds. The van der Waals surface area contributed by atoms with Gasteiger partial charge >= 0.3 is 6.09 Å². The second-order valence-electron chi connectivity index (χ2n) is 7.87. The van der Waals surface area contributed by atoms with Crippen LogP contribution in [-0.4, -0.2) is 53.2 Å². The Hall–Kier alpha value is -2.77. The van der Waals surface area contributed by atoms with Gasteiger partial charge in [0.25, 0.3) is 0 Å². The second kappa shape index (κ2) is 10.7. The predicted octanol–water partition coefficient (Wildman–Crippen LogP) is 2.66. The van der Waals surface area contributed by atoms with Gasteiger partial charge in [-0.05, 0) is 52.7 Å². The molecule has 8 heteroatoms. The molecule has 0 spiro atoms. The molecule has 0 saturated heterocycles. The van der Waals surface area contributed by atoms with Crippen molar-refractivity contribution in [1.29, 1.82) is 0 Å². The summed E-state index contributed by atoms with van der Waals surface area (Å²) in [4.78, 5) is 20.9. The molecule has 2 aromatic heterocycles. The topological polar surface area (TPSA) is 92.0 Å². The van der Waals surface area contributed by atoms with E-state index in [-0.39, 0.29) is 0 Å². The molecule has 0 atom stereocenters. The molecule has 8 nitrogen and oxygen atoms in total. The average Bonchev–Trinajstić information content (AvgIpc) is 3.04. The number of alkyl carbamates (subject to hydrolysis) is 1. The van der Waals surface area contributed by atoms with Crippen molar-refractivity contribution in [1.82, 2.24) is 25.3 Å². The molecular weight excluding hydrogens is 368 g/mol. The Bertz CT molecular complexity index is 822. The van der Waals surface area contributed by atoms with Gasteiger partial charge in [-0.3, -0.25) is 4.99 Å². The molecule has 0 unspecified atom stereocenters. The van der Waals surface area contributed by atoms with Crippen molar-refractivity contribution in [2.24, 2.45) is 4.99 Å².